The standard InChI is InChI=1S/C25H26N4O5/c1-15-11-16(29(2)28-15)13-26-24(32)22(12-23(30)31)27-25(33)34-14-21-19-9-5-3-7-17(19)18-8-4-6-10-20(18)21/h3-11,21-22H,12-14H2,1-2H3,(H,26,32)(H,27,33)(H,30,31). The van der Waals surface area contributed by atoms with Gasteiger partial charge >= 0.3 is 12.1 Å². The summed E-state index contributed by atoms with van der Waals surface area (Å²) in [6.45, 7) is 2.05. The summed E-state index contributed by atoms with van der Waals surface area (Å²) in [5, 5.41) is 18.5. The normalized spacial score (nSPS) is 13.0. The lowest BCUT2D eigenvalue weighted by Crippen LogP contribution is -2.48. The fourth-order valence-electron chi connectivity index (χ4n) is 4.30. The maximum atomic E-state index is 12.6. The number of aromatic nitrogens is 2. The maximum Gasteiger partial charge on any atom is 0.407 e. The Hall–Kier alpha value is -4.14. The molecule has 176 valence electrons. The van der Waals surface area contributed by atoms with Crippen molar-refractivity contribution in [3.05, 3.63) is 77.1 Å². The molecule has 2 amide bonds. The second kappa shape index (κ2) is 9.78. The van der Waals surface area contributed by atoms with Crippen molar-refractivity contribution in [3.63, 3.8) is 0 Å². The molecule has 0 saturated carbocycles. The number of benzene rings is 2. The van der Waals surface area contributed by atoms with Crippen molar-refractivity contribution < 1.29 is 24.2 Å². The van der Waals surface area contributed by atoms with Gasteiger partial charge < -0.3 is 20.5 Å². The van der Waals surface area contributed by atoms with E-state index in [1.54, 1.807) is 11.7 Å². The van der Waals surface area contributed by atoms with E-state index in [0.29, 0.717) is 0 Å². The van der Waals surface area contributed by atoms with Crippen molar-refractivity contribution in [1.29, 1.82) is 0 Å². The van der Waals surface area contributed by atoms with Gasteiger partial charge in [-0.05, 0) is 35.2 Å². The van der Waals surface area contributed by atoms with Gasteiger partial charge in [0.25, 0.3) is 0 Å². The number of nitrogens with zero attached hydrogens (tertiary/aromatic N) is 2. The molecule has 3 N–H and O–H groups in total. The van der Waals surface area contributed by atoms with Crippen LogP contribution in [0.4, 0.5) is 4.79 Å². The molecular weight excluding hydrogens is 436 g/mol. The van der Waals surface area contributed by atoms with E-state index in [9.17, 15) is 19.5 Å². The van der Waals surface area contributed by atoms with Gasteiger partial charge in [0, 0.05) is 13.0 Å². The highest BCUT2D eigenvalue weighted by molar-refractivity contribution is 5.89. The molecule has 9 nitrogen and oxygen atoms in total. The van der Waals surface area contributed by atoms with Gasteiger partial charge in [0.15, 0.2) is 0 Å². The van der Waals surface area contributed by atoms with E-state index in [-0.39, 0.29) is 19.1 Å². The Kier molecular flexibility index (Phi) is 6.62. The van der Waals surface area contributed by atoms with Crippen LogP contribution < -0.4 is 10.6 Å². The van der Waals surface area contributed by atoms with Gasteiger partial charge in [-0.25, -0.2) is 4.79 Å². The molecule has 9 heteroatoms. The third-order valence-electron chi connectivity index (χ3n) is 5.87. The minimum absolute atomic E-state index is 0.0650. The number of carbonyl (C=O) groups excluding carboxylic acids is 2. The Bertz CT molecular complexity index is 1190. The molecule has 1 aliphatic carbocycles. The summed E-state index contributed by atoms with van der Waals surface area (Å²) in [4.78, 5) is 36.4. The number of hydrogen-bond acceptors (Lipinski definition) is 5. The van der Waals surface area contributed by atoms with Crippen molar-refractivity contribution in [2.75, 3.05) is 6.61 Å². The third kappa shape index (κ3) is 4.93. The highest BCUT2D eigenvalue weighted by atomic mass is 16.5. The van der Waals surface area contributed by atoms with Crippen molar-refractivity contribution in [3.8, 4) is 11.1 Å². The second-order valence-electron chi connectivity index (χ2n) is 8.24. The third-order valence-corrected chi connectivity index (χ3v) is 5.87. The number of aliphatic carboxylic acids is 1. The van der Waals surface area contributed by atoms with Gasteiger partial charge in [0.2, 0.25) is 5.91 Å². The first-order valence-electron chi connectivity index (χ1n) is 10.9. The first-order valence-corrected chi connectivity index (χ1v) is 10.9. The molecule has 0 spiro atoms. The molecule has 0 aliphatic heterocycles. The molecule has 1 aliphatic rings. The van der Waals surface area contributed by atoms with E-state index in [0.717, 1.165) is 33.6 Å². The number of carboxylic acids is 1. The number of fused-ring (bicyclic) bond motifs is 3. The zero-order valence-corrected chi connectivity index (χ0v) is 18.9. The minimum atomic E-state index is -1.28. The van der Waals surface area contributed by atoms with Gasteiger partial charge in [-0.1, -0.05) is 48.5 Å². The van der Waals surface area contributed by atoms with Crippen molar-refractivity contribution in [1.82, 2.24) is 20.4 Å². The Morgan fingerprint density at radius 3 is 2.26 bits per heavy atom. The lowest BCUT2D eigenvalue weighted by molar-refractivity contribution is -0.139. The van der Waals surface area contributed by atoms with Gasteiger partial charge in [-0.2, -0.15) is 5.10 Å². The molecule has 1 atom stereocenters. The van der Waals surface area contributed by atoms with E-state index >= 15 is 0 Å². The topological polar surface area (TPSA) is 123 Å². The Labute approximate surface area is 196 Å². The van der Waals surface area contributed by atoms with E-state index in [1.807, 2.05) is 61.5 Å². The van der Waals surface area contributed by atoms with Crippen LogP contribution in [0.2, 0.25) is 0 Å². The van der Waals surface area contributed by atoms with E-state index < -0.39 is 30.4 Å². The minimum Gasteiger partial charge on any atom is -0.481 e. The number of carbonyl (C=O) groups is 3. The molecule has 1 unspecified atom stereocenters. The predicted molar refractivity (Wildman–Crippen MR) is 124 cm³/mol. The highest BCUT2D eigenvalue weighted by Crippen LogP contribution is 2.44. The fraction of sp³-hybridized carbons (Fsp3) is 0.280. The molecule has 3 aromatic rings. The second-order valence-corrected chi connectivity index (χ2v) is 8.24. The number of alkyl carbamates (subject to hydrolysis) is 1. The van der Waals surface area contributed by atoms with Gasteiger partial charge in [0.1, 0.15) is 12.6 Å². The Balaban J connectivity index is 1.39. The van der Waals surface area contributed by atoms with Crippen LogP contribution in [0.3, 0.4) is 0 Å². The van der Waals surface area contributed by atoms with Gasteiger partial charge in [0.05, 0.1) is 24.4 Å². The van der Waals surface area contributed by atoms with Crippen LogP contribution in [0.5, 0.6) is 0 Å². The summed E-state index contributed by atoms with van der Waals surface area (Å²) >= 11 is 0. The van der Waals surface area contributed by atoms with Crippen molar-refractivity contribution in [2.24, 2.45) is 7.05 Å². The van der Waals surface area contributed by atoms with Crippen LogP contribution in [0.15, 0.2) is 54.6 Å². The number of aryl methyl sites for hydroxylation is 2. The molecule has 0 bridgehead atoms. The maximum absolute atomic E-state index is 12.6. The number of ether oxygens (including phenoxy) is 1. The van der Waals surface area contributed by atoms with Crippen LogP contribution in [-0.4, -0.2) is 45.5 Å². The van der Waals surface area contributed by atoms with Crippen LogP contribution in [0.25, 0.3) is 11.1 Å². The summed E-state index contributed by atoms with van der Waals surface area (Å²) in [7, 11) is 1.75. The summed E-state index contributed by atoms with van der Waals surface area (Å²) in [5.41, 5.74) is 5.86. The molecule has 0 fully saturated rings. The Morgan fingerprint density at radius 2 is 1.71 bits per heavy atom. The molecule has 0 saturated heterocycles. The van der Waals surface area contributed by atoms with Crippen molar-refractivity contribution in [2.45, 2.75) is 31.8 Å². The predicted octanol–water partition coefficient (Wildman–Crippen LogP) is 2.73. The average molecular weight is 463 g/mol. The fourth-order valence-corrected chi connectivity index (χ4v) is 4.30. The van der Waals surface area contributed by atoms with Crippen LogP contribution in [-0.2, 0) is 27.9 Å². The van der Waals surface area contributed by atoms with Crippen LogP contribution >= 0.6 is 0 Å². The Morgan fingerprint density at radius 1 is 1.09 bits per heavy atom. The molecular formula is C25H26N4O5. The van der Waals surface area contributed by atoms with E-state index in [2.05, 4.69) is 15.7 Å². The summed E-state index contributed by atoms with van der Waals surface area (Å²) in [5.74, 6) is -1.97. The molecule has 1 heterocycles. The molecule has 0 radical (unpaired) electrons. The SMILES string of the molecule is Cc1cc(CNC(=O)C(CC(=O)O)NC(=O)OCC2c3ccccc3-c3ccccc32)n(C)n1. The lowest BCUT2D eigenvalue weighted by atomic mass is 9.98. The molecule has 4 rings (SSSR count). The van der Waals surface area contributed by atoms with E-state index in [1.165, 1.54) is 0 Å². The largest absolute Gasteiger partial charge is 0.481 e. The lowest BCUT2D eigenvalue weighted by Gasteiger charge is -2.18. The monoisotopic (exact) mass is 462 g/mol. The summed E-state index contributed by atoms with van der Waals surface area (Å²) in [6.07, 6.45) is -1.42. The zero-order chi connectivity index (χ0) is 24.2. The number of amides is 2. The quantitative estimate of drug-likeness (QED) is 0.473. The molecule has 34 heavy (non-hydrogen) atoms. The summed E-state index contributed by atoms with van der Waals surface area (Å²) in [6, 6.07) is 16.4. The number of carboxylic acid groups (broad SMARTS) is 1. The first-order chi connectivity index (χ1) is 16.3. The summed E-state index contributed by atoms with van der Waals surface area (Å²) < 4.78 is 7.08. The number of rotatable bonds is 8. The highest BCUT2D eigenvalue weighted by Gasteiger charge is 2.30. The molecule has 1 aromatic heterocycles. The zero-order valence-electron chi connectivity index (χ0n) is 18.9. The van der Waals surface area contributed by atoms with Gasteiger partial charge in [-0.3, -0.25) is 14.3 Å². The number of nitrogens with one attached hydrogen (secondary N) is 2. The van der Waals surface area contributed by atoms with Crippen molar-refractivity contribution >= 4 is 18.0 Å². The van der Waals surface area contributed by atoms with Gasteiger partial charge in [-0.15, -0.1) is 0 Å². The smallest absolute Gasteiger partial charge is 0.407 e. The molecule has 2 aromatic carbocycles. The van der Waals surface area contributed by atoms with Crippen LogP contribution in [0, 0.1) is 6.92 Å². The first kappa shape index (κ1) is 23.0. The average Bonchev–Trinajstić information content (AvgIpc) is 3.31. The number of hydrogen-bond donors (Lipinski definition) is 3. The van der Waals surface area contributed by atoms with E-state index in [4.69, 9.17) is 4.74 Å². The van der Waals surface area contributed by atoms with Crippen LogP contribution in [0.1, 0.15) is 34.9 Å².